The SMILES string of the molecule is CN1C(=O)CCc2cc(NCCCCO)ccc21. The highest BCUT2D eigenvalue weighted by molar-refractivity contribution is 5.96. The zero-order valence-electron chi connectivity index (χ0n) is 10.8. The summed E-state index contributed by atoms with van der Waals surface area (Å²) >= 11 is 0. The number of unbranched alkanes of at least 4 members (excludes halogenated alkanes) is 1. The van der Waals surface area contributed by atoms with E-state index in [0.717, 1.165) is 37.2 Å². The molecule has 1 heterocycles. The molecule has 0 saturated heterocycles. The van der Waals surface area contributed by atoms with Crippen molar-refractivity contribution in [2.24, 2.45) is 0 Å². The molecule has 0 atom stereocenters. The number of hydrogen-bond donors (Lipinski definition) is 2. The molecular formula is C14H20N2O2. The van der Waals surface area contributed by atoms with E-state index < -0.39 is 0 Å². The number of rotatable bonds is 5. The van der Waals surface area contributed by atoms with Crippen LogP contribution in [0.2, 0.25) is 0 Å². The molecule has 4 nitrogen and oxygen atoms in total. The third-order valence-corrected chi connectivity index (χ3v) is 3.34. The maximum absolute atomic E-state index is 11.6. The van der Waals surface area contributed by atoms with Crippen LogP contribution >= 0.6 is 0 Å². The number of nitrogens with zero attached hydrogens (tertiary/aromatic N) is 1. The van der Waals surface area contributed by atoms with Gasteiger partial charge in [0.15, 0.2) is 0 Å². The van der Waals surface area contributed by atoms with Crippen LogP contribution < -0.4 is 10.2 Å². The van der Waals surface area contributed by atoms with Crippen molar-refractivity contribution < 1.29 is 9.90 Å². The van der Waals surface area contributed by atoms with E-state index in [1.54, 1.807) is 4.90 Å². The van der Waals surface area contributed by atoms with Crippen LogP contribution in [0.15, 0.2) is 18.2 Å². The molecule has 1 aromatic rings. The summed E-state index contributed by atoms with van der Waals surface area (Å²) < 4.78 is 0. The first-order chi connectivity index (χ1) is 8.72. The molecule has 0 aromatic heterocycles. The minimum Gasteiger partial charge on any atom is -0.396 e. The van der Waals surface area contributed by atoms with Crippen LogP contribution in [0.4, 0.5) is 11.4 Å². The number of anilines is 2. The van der Waals surface area contributed by atoms with E-state index in [1.807, 2.05) is 19.2 Å². The zero-order chi connectivity index (χ0) is 13.0. The topological polar surface area (TPSA) is 52.6 Å². The van der Waals surface area contributed by atoms with Gasteiger partial charge in [0.05, 0.1) is 0 Å². The van der Waals surface area contributed by atoms with Gasteiger partial charge >= 0.3 is 0 Å². The number of aryl methyl sites for hydroxylation is 1. The van der Waals surface area contributed by atoms with Crippen LogP contribution in [0.5, 0.6) is 0 Å². The maximum Gasteiger partial charge on any atom is 0.227 e. The number of carbonyl (C=O) groups is 1. The highest BCUT2D eigenvalue weighted by Gasteiger charge is 2.20. The Kier molecular flexibility index (Phi) is 4.20. The number of carbonyl (C=O) groups excluding carboxylic acids is 1. The molecule has 0 aliphatic carbocycles. The molecule has 0 bridgehead atoms. The smallest absolute Gasteiger partial charge is 0.227 e. The van der Waals surface area contributed by atoms with Crippen LogP contribution in [0.3, 0.4) is 0 Å². The summed E-state index contributed by atoms with van der Waals surface area (Å²) in [5.41, 5.74) is 3.34. The fraction of sp³-hybridized carbons (Fsp3) is 0.500. The largest absolute Gasteiger partial charge is 0.396 e. The predicted molar refractivity (Wildman–Crippen MR) is 73.0 cm³/mol. The van der Waals surface area contributed by atoms with E-state index in [1.165, 1.54) is 5.56 Å². The summed E-state index contributed by atoms with van der Waals surface area (Å²) in [6.45, 7) is 1.12. The van der Waals surface area contributed by atoms with E-state index in [2.05, 4.69) is 11.4 Å². The molecule has 98 valence electrons. The Bertz CT molecular complexity index is 432. The Labute approximate surface area is 108 Å². The standard InChI is InChI=1S/C14H20N2O2/c1-16-13-6-5-12(15-8-2-3-9-17)10-11(13)4-7-14(16)18/h5-6,10,15,17H,2-4,7-9H2,1H3. The third-order valence-electron chi connectivity index (χ3n) is 3.34. The number of hydrogen-bond acceptors (Lipinski definition) is 3. The fourth-order valence-corrected chi connectivity index (χ4v) is 2.24. The number of fused-ring (bicyclic) bond motifs is 1. The van der Waals surface area contributed by atoms with Gasteiger partial charge in [-0.3, -0.25) is 4.79 Å². The van der Waals surface area contributed by atoms with Crippen molar-refractivity contribution >= 4 is 17.3 Å². The summed E-state index contributed by atoms with van der Waals surface area (Å²) in [6, 6.07) is 6.13. The van der Waals surface area contributed by atoms with E-state index >= 15 is 0 Å². The van der Waals surface area contributed by atoms with Gasteiger partial charge in [0, 0.05) is 38.0 Å². The molecule has 0 saturated carbocycles. The van der Waals surface area contributed by atoms with Crippen molar-refractivity contribution in [1.82, 2.24) is 0 Å². The second kappa shape index (κ2) is 5.87. The average molecular weight is 248 g/mol. The van der Waals surface area contributed by atoms with Crippen LogP contribution in [-0.4, -0.2) is 31.2 Å². The Morgan fingerprint density at radius 3 is 2.94 bits per heavy atom. The second-order valence-electron chi connectivity index (χ2n) is 4.65. The molecule has 0 radical (unpaired) electrons. The van der Waals surface area contributed by atoms with E-state index in [0.29, 0.717) is 6.42 Å². The van der Waals surface area contributed by atoms with Gasteiger partial charge in [0.2, 0.25) is 5.91 Å². The quantitative estimate of drug-likeness (QED) is 0.781. The lowest BCUT2D eigenvalue weighted by molar-refractivity contribution is -0.118. The first-order valence-electron chi connectivity index (χ1n) is 6.46. The Morgan fingerprint density at radius 2 is 2.17 bits per heavy atom. The van der Waals surface area contributed by atoms with Crippen molar-refractivity contribution in [2.45, 2.75) is 25.7 Å². The van der Waals surface area contributed by atoms with Crippen molar-refractivity contribution in [2.75, 3.05) is 30.4 Å². The van der Waals surface area contributed by atoms with Crippen molar-refractivity contribution in [3.05, 3.63) is 23.8 Å². The molecule has 0 fully saturated rings. The number of benzene rings is 1. The highest BCUT2D eigenvalue weighted by atomic mass is 16.2. The lowest BCUT2D eigenvalue weighted by Crippen LogP contribution is -2.31. The van der Waals surface area contributed by atoms with Crippen LogP contribution in [-0.2, 0) is 11.2 Å². The lowest BCUT2D eigenvalue weighted by atomic mass is 10.0. The summed E-state index contributed by atoms with van der Waals surface area (Å²) in [5, 5.41) is 12.1. The number of nitrogens with one attached hydrogen (secondary N) is 1. The maximum atomic E-state index is 11.6. The van der Waals surface area contributed by atoms with Crippen LogP contribution in [0.25, 0.3) is 0 Å². The molecule has 18 heavy (non-hydrogen) atoms. The Morgan fingerprint density at radius 1 is 1.33 bits per heavy atom. The Balaban J connectivity index is 2.01. The minimum atomic E-state index is 0.186. The summed E-state index contributed by atoms with van der Waals surface area (Å²) in [5.74, 6) is 0.186. The van der Waals surface area contributed by atoms with Gasteiger partial charge < -0.3 is 15.3 Å². The second-order valence-corrected chi connectivity index (χ2v) is 4.65. The van der Waals surface area contributed by atoms with E-state index in [4.69, 9.17) is 5.11 Å². The molecule has 1 aliphatic heterocycles. The fourth-order valence-electron chi connectivity index (χ4n) is 2.24. The van der Waals surface area contributed by atoms with E-state index in [-0.39, 0.29) is 12.5 Å². The molecule has 0 unspecified atom stereocenters. The van der Waals surface area contributed by atoms with Gasteiger partial charge in [-0.2, -0.15) is 0 Å². The molecule has 2 rings (SSSR count). The molecule has 0 spiro atoms. The van der Waals surface area contributed by atoms with Crippen molar-refractivity contribution in [3.8, 4) is 0 Å². The normalized spacial score (nSPS) is 14.6. The number of aliphatic hydroxyl groups excluding tert-OH is 1. The van der Waals surface area contributed by atoms with Gasteiger partial charge in [0.25, 0.3) is 0 Å². The van der Waals surface area contributed by atoms with Crippen molar-refractivity contribution in [1.29, 1.82) is 0 Å². The molecule has 1 aromatic carbocycles. The van der Waals surface area contributed by atoms with Gasteiger partial charge in [-0.15, -0.1) is 0 Å². The Hall–Kier alpha value is -1.55. The first kappa shape index (κ1) is 12.9. The van der Waals surface area contributed by atoms with Crippen LogP contribution in [0.1, 0.15) is 24.8 Å². The van der Waals surface area contributed by atoms with Crippen molar-refractivity contribution in [3.63, 3.8) is 0 Å². The first-order valence-corrected chi connectivity index (χ1v) is 6.46. The summed E-state index contributed by atoms with van der Waals surface area (Å²) in [7, 11) is 1.83. The average Bonchev–Trinajstić information content (AvgIpc) is 2.39. The molecule has 1 aliphatic rings. The van der Waals surface area contributed by atoms with Crippen LogP contribution in [0, 0.1) is 0 Å². The molecule has 2 N–H and O–H groups in total. The summed E-state index contributed by atoms with van der Waals surface area (Å²) in [6.07, 6.45) is 3.21. The predicted octanol–water partition coefficient (Wildman–Crippen LogP) is 1.78. The lowest BCUT2D eigenvalue weighted by Gasteiger charge is -2.26. The molecular weight excluding hydrogens is 228 g/mol. The highest BCUT2D eigenvalue weighted by Crippen LogP contribution is 2.29. The van der Waals surface area contributed by atoms with Gasteiger partial charge in [-0.05, 0) is 43.0 Å². The summed E-state index contributed by atoms with van der Waals surface area (Å²) in [4.78, 5) is 13.3. The molecule has 4 heteroatoms. The zero-order valence-corrected chi connectivity index (χ0v) is 10.8. The van der Waals surface area contributed by atoms with Gasteiger partial charge in [-0.1, -0.05) is 0 Å². The number of amides is 1. The monoisotopic (exact) mass is 248 g/mol. The number of aliphatic hydroxyl groups is 1. The third kappa shape index (κ3) is 2.82. The van der Waals surface area contributed by atoms with E-state index in [9.17, 15) is 4.79 Å². The molecule has 1 amide bonds. The van der Waals surface area contributed by atoms with Gasteiger partial charge in [-0.25, -0.2) is 0 Å². The minimum absolute atomic E-state index is 0.186. The van der Waals surface area contributed by atoms with Gasteiger partial charge in [0.1, 0.15) is 0 Å².